The van der Waals surface area contributed by atoms with Crippen LogP contribution in [-0.4, -0.2) is 22.4 Å². The molecular weight excluding hydrogens is 312 g/mol. The number of hydrogen-bond donors (Lipinski definition) is 2. The highest BCUT2D eigenvalue weighted by molar-refractivity contribution is 6.31. The normalized spacial score (nSPS) is 10.4. The van der Waals surface area contributed by atoms with Gasteiger partial charge in [-0.3, -0.25) is 4.79 Å². The molecule has 2 N–H and O–H groups in total. The van der Waals surface area contributed by atoms with E-state index < -0.39 is 0 Å². The van der Waals surface area contributed by atoms with Gasteiger partial charge in [-0.2, -0.15) is 0 Å². The smallest absolute Gasteiger partial charge is 0.270 e. The molecule has 1 aromatic carbocycles. The van der Waals surface area contributed by atoms with Gasteiger partial charge >= 0.3 is 0 Å². The van der Waals surface area contributed by atoms with Crippen LogP contribution >= 0.6 is 11.6 Å². The Bertz CT molecular complexity index is 703. The summed E-state index contributed by atoms with van der Waals surface area (Å²) in [5.41, 5.74) is 2.18. The number of hydrogen-bond acceptors (Lipinski definition) is 4. The monoisotopic (exact) mass is 332 g/mol. The predicted octanol–water partition coefficient (Wildman–Crippen LogP) is 4.02. The van der Waals surface area contributed by atoms with Crippen LogP contribution in [0, 0.1) is 13.8 Å². The van der Waals surface area contributed by atoms with Gasteiger partial charge in [-0.1, -0.05) is 31.0 Å². The summed E-state index contributed by atoms with van der Waals surface area (Å²) in [6, 6.07) is 7.31. The van der Waals surface area contributed by atoms with Crippen molar-refractivity contribution in [3.8, 4) is 0 Å². The third kappa shape index (κ3) is 4.93. The predicted molar refractivity (Wildman–Crippen MR) is 93.5 cm³/mol. The molecule has 1 aromatic heterocycles. The van der Waals surface area contributed by atoms with E-state index in [4.69, 9.17) is 11.6 Å². The van der Waals surface area contributed by atoms with Crippen molar-refractivity contribution in [1.29, 1.82) is 0 Å². The summed E-state index contributed by atoms with van der Waals surface area (Å²) in [6.07, 6.45) is 1.98. The maximum absolute atomic E-state index is 12.1. The molecule has 0 spiro atoms. The Hall–Kier alpha value is -2.14. The molecule has 0 aliphatic heterocycles. The van der Waals surface area contributed by atoms with Crippen LogP contribution < -0.4 is 10.6 Å². The van der Waals surface area contributed by atoms with Crippen LogP contribution in [-0.2, 0) is 0 Å². The fourth-order valence-corrected chi connectivity index (χ4v) is 2.22. The number of nitrogens with one attached hydrogen (secondary N) is 2. The molecule has 0 aliphatic carbocycles. The summed E-state index contributed by atoms with van der Waals surface area (Å²) in [7, 11) is 0. The quantitative estimate of drug-likeness (QED) is 0.784. The fraction of sp³-hybridized carbons (Fsp3) is 0.353. The molecule has 0 aliphatic rings. The summed E-state index contributed by atoms with van der Waals surface area (Å²) >= 11 is 6.13. The van der Waals surface area contributed by atoms with Crippen LogP contribution in [0.25, 0.3) is 0 Å². The summed E-state index contributed by atoms with van der Waals surface area (Å²) < 4.78 is 0. The van der Waals surface area contributed by atoms with Gasteiger partial charge in [0.25, 0.3) is 5.91 Å². The van der Waals surface area contributed by atoms with Crippen molar-refractivity contribution in [1.82, 2.24) is 15.3 Å². The lowest BCUT2D eigenvalue weighted by Gasteiger charge is -2.10. The molecule has 0 saturated carbocycles. The molecule has 0 radical (unpaired) electrons. The van der Waals surface area contributed by atoms with Crippen LogP contribution in [0.2, 0.25) is 5.02 Å². The number of carbonyl (C=O) groups excluding carboxylic acids is 1. The number of anilines is 2. The average molecular weight is 333 g/mol. The van der Waals surface area contributed by atoms with Crippen LogP contribution in [0.15, 0.2) is 24.3 Å². The van der Waals surface area contributed by atoms with E-state index in [1.807, 2.05) is 25.1 Å². The molecule has 23 heavy (non-hydrogen) atoms. The van der Waals surface area contributed by atoms with E-state index >= 15 is 0 Å². The number of carbonyl (C=O) groups is 1. The molecule has 122 valence electrons. The first kappa shape index (κ1) is 17.2. The zero-order chi connectivity index (χ0) is 16.8. The van der Waals surface area contributed by atoms with Crippen molar-refractivity contribution in [3.05, 3.63) is 46.4 Å². The highest BCUT2D eigenvalue weighted by Crippen LogP contribution is 2.22. The average Bonchev–Trinajstić information content (AvgIpc) is 2.50. The standard InChI is InChI=1S/C17H21ClN4O/c1-4-5-8-19-17(23)15-10-16(21-12(3)20-15)22-13-7-6-11(2)14(18)9-13/h6-7,9-10H,4-5,8H2,1-3H3,(H,19,23)(H,20,21,22). The molecule has 6 heteroatoms. The highest BCUT2D eigenvalue weighted by Gasteiger charge is 2.10. The van der Waals surface area contributed by atoms with Crippen LogP contribution in [0.5, 0.6) is 0 Å². The Morgan fingerprint density at radius 1 is 1.22 bits per heavy atom. The zero-order valence-corrected chi connectivity index (χ0v) is 14.4. The third-order valence-electron chi connectivity index (χ3n) is 3.33. The van der Waals surface area contributed by atoms with Gasteiger partial charge in [0.05, 0.1) is 0 Å². The van der Waals surface area contributed by atoms with Gasteiger partial charge in [0.15, 0.2) is 0 Å². The van der Waals surface area contributed by atoms with E-state index in [0.717, 1.165) is 24.1 Å². The Morgan fingerprint density at radius 2 is 2.00 bits per heavy atom. The lowest BCUT2D eigenvalue weighted by molar-refractivity contribution is 0.0948. The molecular formula is C17H21ClN4O. The second-order valence-electron chi connectivity index (χ2n) is 5.38. The van der Waals surface area contributed by atoms with Crippen molar-refractivity contribution in [2.24, 2.45) is 0 Å². The van der Waals surface area contributed by atoms with E-state index in [2.05, 4.69) is 27.5 Å². The van der Waals surface area contributed by atoms with Crippen molar-refractivity contribution < 1.29 is 4.79 Å². The number of aromatic nitrogens is 2. The third-order valence-corrected chi connectivity index (χ3v) is 3.74. The number of nitrogens with zero attached hydrogens (tertiary/aromatic N) is 2. The van der Waals surface area contributed by atoms with Crippen molar-refractivity contribution in [2.75, 3.05) is 11.9 Å². The van der Waals surface area contributed by atoms with E-state index in [1.165, 1.54) is 0 Å². The van der Waals surface area contributed by atoms with E-state index in [-0.39, 0.29) is 5.91 Å². The SMILES string of the molecule is CCCCNC(=O)c1cc(Nc2ccc(C)c(Cl)c2)nc(C)n1. The number of aryl methyl sites for hydroxylation is 2. The van der Waals surface area contributed by atoms with Crippen molar-refractivity contribution >= 4 is 29.0 Å². The number of halogens is 1. The van der Waals surface area contributed by atoms with Gasteiger partial charge in [-0.25, -0.2) is 9.97 Å². The minimum absolute atomic E-state index is 0.186. The molecule has 1 amide bonds. The van der Waals surface area contributed by atoms with Gasteiger partial charge in [0.1, 0.15) is 17.3 Å². The Morgan fingerprint density at radius 3 is 2.70 bits per heavy atom. The second-order valence-corrected chi connectivity index (χ2v) is 5.79. The largest absolute Gasteiger partial charge is 0.351 e. The van der Waals surface area contributed by atoms with Crippen molar-refractivity contribution in [2.45, 2.75) is 33.6 Å². The number of benzene rings is 1. The lowest BCUT2D eigenvalue weighted by atomic mass is 10.2. The Kier molecular flexibility index (Phi) is 5.93. The second kappa shape index (κ2) is 7.92. The topological polar surface area (TPSA) is 66.9 Å². The summed E-state index contributed by atoms with van der Waals surface area (Å²) in [6.45, 7) is 6.43. The minimum Gasteiger partial charge on any atom is -0.351 e. The molecule has 0 saturated heterocycles. The molecule has 5 nitrogen and oxygen atoms in total. The molecule has 2 aromatic rings. The molecule has 0 fully saturated rings. The number of rotatable bonds is 6. The molecule has 2 rings (SSSR count). The molecule has 0 bridgehead atoms. The van der Waals surface area contributed by atoms with E-state index in [1.54, 1.807) is 13.0 Å². The van der Waals surface area contributed by atoms with Gasteiger partial charge in [0, 0.05) is 23.3 Å². The first-order chi connectivity index (χ1) is 11.0. The number of unbranched alkanes of at least 4 members (excludes halogenated alkanes) is 1. The number of amides is 1. The zero-order valence-electron chi connectivity index (χ0n) is 13.6. The van der Waals surface area contributed by atoms with Gasteiger partial charge in [-0.05, 0) is 38.0 Å². The van der Waals surface area contributed by atoms with Crippen molar-refractivity contribution in [3.63, 3.8) is 0 Å². The van der Waals surface area contributed by atoms with Gasteiger partial charge in [-0.15, -0.1) is 0 Å². The minimum atomic E-state index is -0.186. The van der Waals surface area contributed by atoms with Crippen LogP contribution in [0.3, 0.4) is 0 Å². The van der Waals surface area contributed by atoms with E-state index in [0.29, 0.717) is 28.9 Å². The summed E-state index contributed by atoms with van der Waals surface area (Å²) in [5, 5.41) is 6.70. The summed E-state index contributed by atoms with van der Waals surface area (Å²) in [4.78, 5) is 20.6. The molecule has 0 unspecified atom stereocenters. The summed E-state index contributed by atoms with van der Waals surface area (Å²) in [5.74, 6) is 0.917. The first-order valence-electron chi connectivity index (χ1n) is 7.66. The molecule has 1 heterocycles. The van der Waals surface area contributed by atoms with Gasteiger partial charge in [0.2, 0.25) is 0 Å². The lowest BCUT2D eigenvalue weighted by Crippen LogP contribution is -2.25. The first-order valence-corrected chi connectivity index (χ1v) is 8.04. The maximum atomic E-state index is 12.1. The van der Waals surface area contributed by atoms with Crippen LogP contribution in [0.1, 0.15) is 41.6 Å². The van der Waals surface area contributed by atoms with Crippen LogP contribution in [0.4, 0.5) is 11.5 Å². The van der Waals surface area contributed by atoms with E-state index in [9.17, 15) is 4.79 Å². The molecule has 0 atom stereocenters. The fourth-order valence-electron chi connectivity index (χ4n) is 2.04. The Balaban J connectivity index is 2.16. The van der Waals surface area contributed by atoms with Gasteiger partial charge < -0.3 is 10.6 Å². The Labute approximate surface area is 141 Å². The highest BCUT2D eigenvalue weighted by atomic mass is 35.5. The maximum Gasteiger partial charge on any atom is 0.270 e.